The number of hydrogen-bond donors (Lipinski definition) is 1. The highest BCUT2D eigenvalue weighted by atomic mass is 16.2. The maximum atomic E-state index is 13.5. The number of fused-ring (bicyclic) bond motifs is 3. The van der Waals surface area contributed by atoms with Crippen LogP contribution in [0.2, 0.25) is 0 Å². The summed E-state index contributed by atoms with van der Waals surface area (Å²) in [5.74, 6) is -0.113. The number of amides is 1. The van der Waals surface area contributed by atoms with Crippen LogP contribution in [0, 0.1) is 0 Å². The third-order valence-corrected chi connectivity index (χ3v) is 6.14. The Hall–Kier alpha value is -2.60. The van der Waals surface area contributed by atoms with Crippen LogP contribution in [0.25, 0.3) is 21.8 Å². The van der Waals surface area contributed by atoms with Crippen molar-refractivity contribution in [3.8, 4) is 0 Å². The number of pyridine rings is 1. The normalized spacial score (nSPS) is 15.4. The minimum absolute atomic E-state index is 0.00967. The molecule has 6 nitrogen and oxygen atoms in total. The summed E-state index contributed by atoms with van der Waals surface area (Å²) in [6.45, 7) is 1.34. The number of benzene rings is 1. The molecule has 0 atom stereocenters. The van der Waals surface area contributed by atoms with E-state index in [2.05, 4.69) is 5.32 Å². The molecule has 4 rings (SSSR count). The van der Waals surface area contributed by atoms with Gasteiger partial charge in [0.1, 0.15) is 5.52 Å². The molecular weight excluding hydrogens is 364 g/mol. The fraction of sp³-hybridized carbons (Fsp3) is 0.478. The lowest BCUT2D eigenvalue weighted by molar-refractivity contribution is 0.0951. The van der Waals surface area contributed by atoms with Gasteiger partial charge in [-0.05, 0) is 33.0 Å². The second kappa shape index (κ2) is 8.03. The molecule has 1 aliphatic carbocycles. The van der Waals surface area contributed by atoms with Crippen LogP contribution >= 0.6 is 0 Å². The molecule has 29 heavy (non-hydrogen) atoms. The monoisotopic (exact) mass is 394 g/mol. The number of nitrogens with one attached hydrogen (secondary N) is 1. The first-order chi connectivity index (χ1) is 14.0. The van der Waals surface area contributed by atoms with E-state index in [1.165, 1.54) is 6.42 Å². The predicted octanol–water partition coefficient (Wildman–Crippen LogP) is 3.29. The number of carbonyl (C=O) groups excluding carboxylic acids is 1. The fourth-order valence-electron chi connectivity index (χ4n) is 4.59. The average Bonchev–Trinajstić information content (AvgIpc) is 3.02. The van der Waals surface area contributed by atoms with Crippen molar-refractivity contribution in [1.82, 2.24) is 19.4 Å². The molecule has 2 heterocycles. The van der Waals surface area contributed by atoms with E-state index in [0.29, 0.717) is 17.6 Å². The van der Waals surface area contributed by atoms with Crippen LogP contribution in [-0.2, 0) is 7.05 Å². The Morgan fingerprint density at radius 1 is 1.17 bits per heavy atom. The molecule has 0 radical (unpaired) electrons. The Balaban J connectivity index is 1.91. The van der Waals surface area contributed by atoms with Crippen LogP contribution in [0.1, 0.15) is 48.5 Å². The SMILES string of the molecule is CN(C)CCNC(=O)c1cn(C2CCCCC2)c(=O)c2c1c1ccccc1n2C. The highest BCUT2D eigenvalue weighted by Gasteiger charge is 2.24. The molecule has 0 saturated heterocycles. The number of aromatic nitrogens is 2. The molecule has 1 amide bonds. The molecule has 1 N–H and O–H groups in total. The highest BCUT2D eigenvalue weighted by Crippen LogP contribution is 2.32. The number of rotatable bonds is 5. The summed E-state index contributed by atoms with van der Waals surface area (Å²) in [5.41, 5.74) is 2.21. The van der Waals surface area contributed by atoms with Crippen molar-refractivity contribution in [3.05, 3.63) is 46.4 Å². The lowest BCUT2D eigenvalue weighted by atomic mass is 9.95. The number of carbonyl (C=O) groups is 1. The smallest absolute Gasteiger partial charge is 0.275 e. The van der Waals surface area contributed by atoms with Crippen molar-refractivity contribution >= 4 is 27.7 Å². The number of nitrogens with zero attached hydrogens (tertiary/aromatic N) is 3. The average molecular weight is 395 g/mol. The summed E-state index contributed by atoms with van der Waals surface area (Å²) in [4.78, 5) is 28.7. The van der Waals surface area contributed by atoms with Crippen molar-refractivity contribution in [1.29, 1.82) is 0 Å². The van der Waals surface area contributed by atoms with Crippen LogP contribution in [0.3, 0.4) is 0 Å². The molecule has 0 aliphatic heterocycles. The summed E-state index contributed by atoms with van der Waals surface area (Å²) in [6, 6.07) is 8.11. The Bertz CT molecular complexity index is 1100. The molecule has 0 bridgehead atoms. The zero-order valence-electron chi connectivity index (χ0n) is 17.6. The lowest BCUT2D eigenvalue weighted by Crippen LogP contribution is -2.33. The van der Waals surface area contributed by atoms with E-state index in [9.17, 15) is 9.59 Å². The number of likely N-dealkylation sites (N-methyl/N-ethyl adjacent to an activating group) is 1. The van der Waals surface area contributed by atoms with E-state index >= 15 is 0 Å². The van der Waals surface area contributed by atoms with Gasteiger partial charge in [-0.3, -0.25) is 9.59 Å². The summed E-state index contributed by atoms with van der Waals surface area (Å²) in [7, 11) is 5.89. The summed E-state index contributed by atoms with van der Waals surface area (Å²) < 4.78 is 3.78. The van der Waals surface area contributed by atoms with Crippen LogP contribution in [0.15, 0.2) is 35.3 Å². The zero-order chi connectivity index (χ0) is 20.5. The van der Waals surface area contributed by atoms with Gasteiger partial charge in [-0.15, -0.1) is 0 Å². The van der Waals surface area contributed by atoms with Crippen molar-refractivity contribution in [2.45, 2.75) is 38.1 Å². The minimum Gasteiger partial charge on any atom is -0.351 e. The Labute approximate surface area is 171 Å². The second-order valence-corrected chi connectivity index (χ2v) is 8.41. The molecule has 1 fully saturated rings. The molecule has 154 valence electrons. The van der Waals surface area contributed by atoms with E-state index < -0.39 is 0 Å². The van der Waals surface area contributed by atoms with E-state index in [1.807, 2.05) is 65.6 Å². The highest BCUT2D eigenvalue weighted by molar-refractivity contribution is 6.17. The van der Waals surface area contributed by atoms with E-state index in [0.717, 1.165) is 48.5 Å². The van der Waals surface area contributed by atoms with Gasteiger partial charge in [0.25, 0.3) is 11.5 Å². The van der Waals surface area contributed by atoms with Crippen molar-refractivity contribution in [2.75, 3.05) is 27.2 Å². The van der Waals surface area contributed by atoms with Gasteiger partial charge < -0.3 is 19.4 Å². The van der Waals surface area contributed by atoms with Crippen LogP contribution in [0.5, 0.6) is 0 Å². The van der Waals surface area contributed by atoms with Crippen LogP contribution < -0.4 is 10.9 Å². The first-order valence-corrected chi connectivity index (χ1v) is 10.5. The molecule has 3 aromatic rings. The molecule has 6 heteroatoms. The molecule has 0 spiro atoms. The molecule has 0 unspecified atom stereocenters. The Kier molecular flexibility index (Phi) is 5.46. The maximum Gasteiger partial charge on any atom is 0.275 e. The maximum absolute atomic E-state index is 13.5. The summed E-state index contributed by atoms with van der Waals surface area (Å²) in [6.07, 6.45) is 7.30. The van der Waals surface area contributed by atoms with Crippen LogP contribution in [0.4, 0.5) is 0 Å². The minimum atomic E-state index is -0.113. The van der Waals surface area contributed by atoms with Crippen molar-refractivity contribution in [3.63, 3.8) is 0 Å². The zero-order valence-corrected chi connectivity index (χ0v) is 17.6. The quantitative estimate of drug-likeness (QED) is 0.722. The van der Waals surface area contributed by atoms with E-state index in [-0.39, 0.29) is 17.5 Å². The van der Waals surface area contributed by atoms with E-state index in [4.69, 9.17) is 0 Å². The molecule has 1 saturated carbocycles. The number of hydrogen-bond acceptors (Lipinski definition) is 3. The first kappa shape index (κ1) is 19.7. The fourth-order valence-corrected chi connectivity index (χ4v) is 4.59. The van der Waals surface area contributed by atoms with Gasteiger partial charge in [-0.25, -0.2) is 0 Å². The molecule has 1 aliphatic rings. The second-order valence-electron chi connectivity index (χ2n) is 8.41. The molecular formula is C23H30N4O2. The standard InChI is InChI=1S/C23H30N4O2/c1-25(2)14-13-24-22(28)18-15-27(16-9-5-4-6-10-16)23(29)21-20(18)17-11-7-8-12-19(17)26(21)3/h7-8,11-12,15-16H,4-6,9-10,13-14H2,1-3H3,(H,24,28). The Morgan fingerprint density at radius 3 is 2.62 bits per heavy atom. The first-order valence-electron chi connectivity index (χ1n) is 10.5. The van der Waals surface area contributed by atoms with Crippen LogP contribution in [-0.4, -0.2) is 47.1 Å². The van der Waals surface area contributed by atoms with Gasteiger partial charge >= 0.3 is 0 Å². The third kappa shape index (κ3) is 3.57. The largest absolute Gasteiger partial charge is 0.351 e. The predicted molar refractivity (Wildman–Crippen MR) is 118 cm³/mol. The topological polar surface area (TPSA) is 59.3 Å². The van der Waals surface area contributed by atoms with Gasteiger partial charge in [0.05, 0.1) is 5.56 Å². The molecule has 1 aromatic carbocycles. The van der Waals surface area contributed by atoms with Crippen molar-refractivity contribution in [2.24, 2.45) is 7.05 Å². The van der Waals surface area contributed by atoms with Crippen molar-refractivity contribution < 1.29 is 4.79 Å². The Morgan fingerprint density at radius 2 is 1.90 bits per heavy atom. The van der Waals surface area contributed by atoms with Gasteiger partial charge in [0.2, 0.25) is 0 Å². The van der Waals surface area contributed by atoms with Gasteiger partial charge in [0, 0.05) is 48.7 Å². The lowest BCUT2D eigenvalue weighted by Gasteiger charge is -2.25. The van der Waals surface area contributed by atoms with Gasteiger partial charge in [-0.1, -0.05) is 37.5 Å². The summed E-state index contributed by atoms with van der Waals surface area (Å²) >= 11 is 0. The van der Waals surface area contributed by atoms with E-state index in [1.54, 1.807) is 0 Å². The molecule has 2 aromatic heterocycles. The number of aryl methyl sites for hydroxylation is 1. The third-order valence-electron chi connectivity index (χ3n) is 6.14. The van der Waals surface area contributed by atoms with Gasteiger partial charge in [-0.2, -0.15) is 0 Å². The van der Waals surface area contributed by atoms with Gasteiger partial charge in [0.15, 0.2) is 0 Å². The number of para-hydroxylation sites is 1. The summed E-state index contributed by atoms with van der Waals surface area (Å²) in [5, 5.41) is 4.76.